The summed E-state index contributed by atoms with van der Waals surface area (Å²) in [6.45, 7) is 3.01. The Bertz CT molecular complexity index is 327. The van der Waals surface area contributed by atoms with Crippen molar-refractivity contribution in [3.8, 4) is 0 Å². The van der Waals surface area contributed by atoms with Crippen LogP contribution in [0.25, 0.3) is 0 Å². The second-order valence-electron chi connectivity index (χ2n) is 3.78. The van der Waals surface area contributed by atoms with Crippen LogP contribution in [0.1, 0.15) is 19.8 Å². The summed E-state index contributed by atoms with van der Waals surface area (Å²) >= 11 is 1.33. The highest BCUT2D eigenvalue weighted by Gasteiger charge is 2.27. The molecule has 1 aromatic heterocycles. The van der Waals surface area contributed by atoms with Gasteiger partial charge in [-0.3, -0.25) is 10.1 Å². The number of anilines is 1. The van der Waals surface area contributed by atoms with Gasteiger partial charge < -0.3 is 5.32 Å². The van der Waals surface area contributed by atoms with Crippen LogP contribution < -0.4 is 10.6 Å². The second kappa shape index (κ2) is 4.67. The summed E-state index contributed by atoms with van der Waals surface area (Å²) in [6, 6.07) is -0.0948. The molecular weight excluding hydrogens is 212 g/mol. The smallest absolute Gasteiger partial charge is 0.243 e. The van der Waals surface area contributed by atoms with Crippen LogP contribution in [0, 0.1) is 5.92 Å². The SMILES string of the molecule is CC1CCCNC1C(=O)Nc1nncs1. The minimum atomic E-state index is -0.0948. The van der Waals surface area contributed by atoms with E-state index in [-0.39, 0.29) is 11.9 Å². The van der Waals surface area contributed by atoms with Gasteiger partial charge in [0.15, 0.2) is 0 Å². The predicted octanol–water partition coefficient (Wildman–Crippen LogP) is 0.865. The summed E-state index contributed by atoms with van der Waals surface area (Å²) in [5.41, 5.74) is 1.60. The summed E-state index contributed by atoms with van der Waals surface area (Å²) < 4.78 is 0. The van der Waals surface area contributed by atoms with Crippen molar-refractivity contribution in [1.29, 1.82) is 0 Å². The van der Waals surface area contributed by atoms with E-state index in [1.807, 2.05) is 0 Å². The third kappa shape index (κ3) is 2.51. The number of nitrogens with zero attached hydrogens (tertiary/aromatic N) is 2. The molecule has 2 rings (SSSR count). The fourth-order valence-electron chi connectivity index (χ4n) is 1.81. The summed E-state index contributed by atoms with van der Waals surface area (Å²) in [7, 11) is 0. The second-order valence-corrected chi connectivity index (χ2v) is 4.62. The van der Waals surface area contributed by atoms with E-state index >= 15 is 0 Å². The quantitative estimate of drug-likeness (QED) is 0.785. The number of carbonyl (C=O) groups is 1. The standard InChI is InChI=1S/C9H14N4OS/c1-6-3-2-4-10-7(6)8(14)12-9-13-11-5-15-9/h5-7,10H,2-4H2,1H3,(H,12,13,14). The van der Waals surface area contributed by atoms with Crippen LogP contribution >= 0.6 is 11.3 Å². The Morgan fingerprint density at radius 2 is 2.60 bits per heavy atom. The van der Waals surface area contributed by atoms with E-state index in [4.69, 9.17) is 0 Å². The number of carbonyl (C=O) groups excluding carboxylic acids is 1. The Morgan fingerprint density at radius 1 is 1.73 bits per heavy atom. The average molecular weight is 226 g/mol. The summed E-state index contributed by atoms with van der Waals surface area (Å²) in [5, 5.41) is 14.0. The molecule has 1 fully saturated rings. The van der Waals surface area contributed by atoms with Crippen molar-refractivity contribution in [3.05, 3.63) is 5.51 Å². The Morgan fingerprint density at radius 3 is 3.27 bits per heavy atom. The van der Waals surface area contributed by atoms with Crippen molar-refractivity contribution in [3.63, 3.8) is 0 Å². The first-order chi connectivity index (χ1) is 7.27. The molecule has 0 aromatic carbocycles. The monoisotopic (exact) mass is 226 g/mol. The predicted molar refractivity (Wildman–Crippen MR) is 58.7 cm³/mol. The molecular formula is C9H14N4OS. The van der Waals surface area contributed by atoms with E-state index in [9.17, 15) is 4.79 Å². The van der Waals surface area contributed by atoms with E-state index in [0.717, 1.165) is 19.4 Å². The molecule has 2 heterocycles. The minimum absolute atomic E-state index is 0.000972. The number of hydrogen-bond acceptors (Lipinski definition) is 5. The van der Waals surface area contributed by atoms with Crippen molar-refractivity contribution in [2.75, 3.05) is 11.9 Å². The summed E-state index contributed by atoms with van der Waals surface area (Å²) in [4.78, 5) is 11.8. The highest BCUT2D eigenvalue weighted by molar-refractivity contribution is 7.13. The molecule has 2 N–H and O–H groups in total. The van der Waals surface area contributed by atoms with Crippen LogP contribution in [0.3, 0.4) is 0 Å². The lowest BCUT2D eigenvalue weighted by atomic mass is 9.92. The molecule has 1 aliphatic rings. The topological polar surface area (TPSA) is 66.9 Å². The van der Waals surface area contributed by atoms with Gasteiger partial charge in [-0.15, -0.1) is 10.2 Å². The largest absolute Gasteiger partial charge is 0.306 e. The molecule has 82 valence electrons. The van der Waals surface area contributed by atoms with Gasteiger partial charge in [-0.25, -0.2) is 0 Å². The molecule has 0 radical (unpaired) electrons. The maximum Gasteiger partial charge on any atom is 0.243 e. The number of amides is 1. The first kappa shape index (κ1) is 10.5. The fraction of sp³-hybridized carbons (Fsp3) is 0.667. The molecule has 2 atom stereocenters. The van der Waals surface area contributed by atoms with Crippen molar-refractivity contribution < 1.29 is 4.79 Å². The van der Waals surface area contributed by atoms with Crippen LogP contribution in [-0.4, -0.2) is 28.7 Å². The van der Waals surface area contributed by atoms with Gasteiger partial charge in [0.1, 0.15) is 5.51 Å². The van der Waals surface area contributed by atoms with E-state index < -0.39 is 0 Å². The van der Waals surface area contributed by atoms with E-state index in [2.05, 4.69) is 27.8 Å². The van der Waals surface area contributed by atoms with Gasteiger partial charge in [0.2, 0.25) is 11.0 Å². The van der Waals surface area contributed by atoms with E-state index in [1.165, 1.54) is 11.3 Å². The van der Waals surface area contributed by atoms with E-state index in [0.29, 0.717) is 11.0 Å². The van der Waals surface area contributed by atoms with Crippen LogP contribution in [0.5, 0.6) is 0 Å². The van der Waals surface area contributed by atoms with Gasteiger partial charge in [-0.1, -0.05) is 18.3 Å². The first-order valence-electron chi connectivity index (χ1n) is 5.08. The van der Waals surface area contributed by atoms with Crippen LogP contribution in [0.4, 0.5) is 5.13 Å². The molecule has 15 heavy (non-hydrogen) atoms. The van der Waals surface area contributed by atoms with Gasteiger partial charge >= 0.3 is 0 Å². The van der Waals surface area contributed by atoms with Crippen molar-refractivity contribution in [2.24, 2.45) is 5.92 Å². The zero-order valence-electron chi connectivity index (χ0n) is 8.56. The number of hydrogen-bond donors (Lipinski definition) is 2. The maximum atomic E-state index is 11.8. The third-order valence-corrected chi connectivity index (χ3v) is 3.25. The Kier molecular flexibility index (Phi) is 3.27. The van der Waals surface area contributed by atoms with E-state index in [1.54, 1.807) is 5.51 Å². The minimum Gasteiger partial charge on any atom is -0.306 e. The number of aromatic nitrogens is 2. The maximum absolute atomic E-state index is 11.8. The van der Waals surface area contributed by atoms with Crippen LogP contribution in [0.15, 0.2) is 5.51 Å². The molecule has 0 saturated carbocycles. The number of piperidine rings is 1. The lowest BCUT2D eigenvalue weighted by Gasteiger charge is -2.28. The lowest BCUT2D eigenvalue weighted by Crippen LogP contribution is -2.48. The molecule has 2 unspecified atom stereocenters. The van der Waals surface area contributed by atoms with Crippen molar-refractivity contribution in [2.45, 2.75) is 25.8 Å². The molecule has 0 spiro atoms. The lowest BCUT2D eigenvalue weighted by molar-refractivity contribution is -0.119. The van der Waals surface area contributed by atoms with Gasteiger partial charge in [0.25, 0.3) is 0 Å². The van der Waals surface area contributed by atoms with Gasteiger partial charge in [0, 0.05) is 0 Å². The van der Waals surface area contributed by atoms with Crippen LogP contribution in [-0.2, 0) is 4.79 Å². The highest BCUT2D eigenvalue weighted by atomic mass is 32.1. The zero-order chi connectivity index (χ0) is 10.7. The molecule has 6 heteroatoms. The number of nitrogens with one attached hydrogen (secondary N) is 2. The molecule has 1 amide bonds. The average Bonchev–Trinajstić information content (AvgIpc) is 2.71. The zero-order valence-corrected chi connectivity index (χ0v) is 9.38. The summed E-state index contributed by atoms with van der Waals surface area (Å²) in [5.74, 6) is 0.380. The highest BCUT2D eigenvalue weighted by Crippen LogP contribution is 2.17. The fourth-order valence-corrected chi connectivity index (χ4v) is 2.26. The molecule has 5 nitrogen and oxygen atoms in total. The Balaban J connectivity index is 1.95. The van der Waals surface area contributed by atoms with Crippen molar-refractivity contribution >= 4 is 22.4 Å². The van der Waals surface area contributed by atoms with Gasteiger partial charge in [-0.2, -0.15) is 0 Å². The first-order valence-corrected chi connectivity index (χ1v) is 5.96. The summed E-state index contributed by atoms with van der Waals surface area (Å²) in [6.07, 6.45) is 2.24. The van der Waals surface area contributed by atoms with Crippen molar-refractivity contribution in [1.82, 2.24) is 15.5 Å². The molecule has 1 saturated heterocycles. The molecule has 0 aliphatic carbocycles. The normalized spacial score (nSPS) is 26.2. The van der Waals surface area contributed by atoms with Gasteiger partial charge in [-0.05, 0) is 25.3 Å². The molecule has 1 aromatic rings. The Labute approximate surface area is 92.3 Å². The molecule has 0 bridgehead atoms. The molecule has 1 aliphatic heterocycles. The van der Waals surface area contributed by atoms with Crippen LogP contribution in [0.2, 0.25) is 0 Å². The van der Waals surface area contributed by atoms with Gasteiger partial charge in [0.05, 0.1) is 6.04 Å². The third-order valence-electron chi connectivity index (χ3n) is 2.64. The number of rotatable bonds is 2. The Hall–Kier alpha value is -1.01.